The molecule has 3 rings (SSSR count). The van der Waals surface area contributed by atoms with Gasteiger partial charge in [-0.05, 0) is 22.6 Å². The minimum atomic E-state index is -0.587. The molecule has 1 aromatic heterocycles. The summed E-state index contributed by atoms with van der Waals surface area (Å²) in [4.78, 5) is 12.0. The number of phenolic OH excluding ortho intramolecular Hbond substituents is 1. The molecule has 1 heterocycles. The van der Waals surface area contributed by atoms with Gasteiger partial charge in [-0.1, -0.05) is 29.3 Å². The van der Waals surface area contributed by atoms with Gasteiger partial charge in [-0.3, -0.25) is 0 Å². The number of nitrogens with zero attached hydrogens (tertiary/aromatic N) is 4. The maximum Gasteiger partial charge on any atom is 0.368 e. The minimum Gasteiger partial charge on any atom is -0.506 e. The molecule has 0 bridgehead atoms. The fourth-order valence-corrected chi connectivity index (χ4v) is 2.50. The molecule has 0 aliphatic carbocycles. The SMILES string of the molecule is Cn1nnn(-c2cccc(F)c2COc2cc(Cl)c(O)cc2Cl)c1=O. The van der Waals surface area contributed by atoms with Crippen LogP contribution in [0.4, 0.5) is 4.39 Å². The number of phenols is 1. The molecule has 0 saturated carbocycles. The van der Waals surface area contributed by atoms with Gasteiger partial charge in [0.25, 0.3) is 0 Å². The number of rotatable bonds is 4. The summed E-state index contributed by atoms with van der Waals surface area (Å²) in [6.45, 7) is -0.244. The van der Waals surface area contributed by atoms with Crippen molar-refractivity contribution in [2.45, 2.75) is 6.61 Å². The van der Waals surface area contributed by atoms with Crippen molar-refractivity contribution in [3.63, 3.8) is 0 Å². The van der Waals surface area contributed by atoms with Gasteiger partial charge in [0.1, 0.15) is 23.9 Å². The number of ether oxygens (including phenoxy) is 1. The number of aryl methyl sites for hydroxylation is 1. The molecule has 0 saturated heterocycles. The van der Waals surface area contributed by atoms with Crippen molar-refractivity contribution < 1.29 is 14.2 Å². The van der Waals surface area contributed by atoms with E-state index in [2.05, 4.69) is 10.4 Å². The summed E-state index contributed by atoms with van der Waals surface area (Å²) in [5.41, 5.74) is -0.248. The highest BCUT2D eigenvalue weighted by atomic mass is 35.5. The van der Waals surface area contributed by atoms with Crippen LogP contribution in [-0.4, -0.2) is 24.9 Å². The summed E-state index contributed by atoms with van der Waals surface area (Å²) in [5, 5.41) is 16.9. The van der Waals surface area contributed by atoms with Crippen molar-refractivity contribution in [2.24, 2.45) is 7.05 Å². The zero-order chi connectivity index (χ0) is 18.1. The van der Waals surface area contributed by atoms with Gasteiger partial charge in [0.2, 0.25) is 0 Å². The van der Waals surface area contributed by atoms with Gasteiger partial charge in [0.15, 0.2) is 0 Å². The molecular formula is C15H11Cl2FN4O3. The Kier molecular flexibility index (Phi) is 4.65. The van der Waals surface area contributed by atoms with Crippen LogP contribution in [0.1, 0.15) is 5.56 Å². The van der Waals surface area contributed by atoms with Gasteiger partial charge in [0.05, 0.1) is 21.3 Å². The smallest absolute Gasteiger partial charge is 0.368 e. The molecule has 10 heteroatoms. The van der Waals surface area contributed by atoms with Gasteiger partial charge < -0.3 is 9.84 Å². The summed E-state index contributed by atoms with van der Waals surface area (Å²) in [5.74, 6) is -0.627. The van der Waals surface area contributed by atoms with E-state index >= 15 is 0 Å². The third kappa shape index (κ3) is 3.31. The minimum absolute atomic E-state index is 0.0401. The van der Waals surface area contributed by atoms with Crippen LogP contribution in [0.15, 0.2) is 35.1 Å². The van der Waals surface area contributed by atoms with E-state index in [1.54, 1.807) is 0 Å². The molecule has 25 heavy (non-hydrogen) atoms. The maximum atomic E-state index is 14.3. The standard InChI is InChI=1S/C15H11Cl2FN4O3/c1-21-15(24)22(20-19-21)12-4-2-3-11(18)8(12)7-25-14-6-9(16)13(23)5-10(14)17/h2-6,23H,7H2,1H3. The van der Waals surface area contributed by atoms with Crippen LogP contribution in [-0.2, 0) is 13.7 Å². The van der Waals surface area contributed by atoms with E-state index in [1.165, 1.54) is 37.4 Å². The Bertz CT molecular complexity index is 1000. The number of aromatic nitrogens is 4. The van der Waals surface area contributed by atoms with Crippen molar-refractivity contribution in [3.05, 3.63) is 62.2 Å². The number of aromatic hydroxyl groups is 1. The van der Waals surface area contributed by atoms with Crippen LogP contribution in [0.5, 0.6) is 11.5 Å². The second-order valence-electron chi connectivity index (χ2n) is 5.06. The van der Waals surface area contributed by atoms with Crippen LogP contribution in [0.3, 0.4) is 0 Å². The monoisotopic (exact) mass is 384 g/mol. The van der Waals surface area contributed by atoms with Gasteiger partial charge >= 0.3 is 5.69 Å². The van der Waals surface area contributed by atoms with E-state index in [9.17, 15) is 14.3 Å². The lowest BCUT2D eigenvalue weighted by atomic mass is 10.1. The highest BCUT2D eigenvalue weighted by molar-refractivity contribution is 6.35. The van der Waals surface area contributed by atoms with Gasteiger partial charge in [0, 0.05) is 19.2 Å². The van der Waals surface area contributed by atoms with E-state index in [-0.39, 0.29) is 39.4 Å². The summed E-state index contributed by atoms with van der Waals surface area (Å²) in [7, 11) is 1.43. The molecule has 0 amide bonds. The second-order valence-corrected chi connectivity index (χ2v) is 5.87. The normalized spacial score (nSPS) is 10.9. The predicted molar refractivity (Wildman–Crippen MR) is 89.0 cm³/mol. The summed E-state index contributed by atoms with van der Waals surface area (Å²) >= 11 is 11.8. The van der Waals surface area contributed by atoms with Crippen LogP contribution in [0, 0.1) is 5.82 Å². The maximum absolute atomic E-state index is 14.3. The molecule has 1 N–H and O–H groups in total. The highest BCUT2D eigenvalue weighted by Gasteiger charge is 2.16. The first-order chi connectivity index (χ1) is 11.9. The lowest BCUT2D eigenvalue weighted by Gasteiger charge is -2.12. The molecule has 0 radical (unpaired) electrons. The fraction of sp³-hybridized carbons (Fsp3) is 0.133. The largest absolute Gasteiger partial charge is 0.506 e. The topological polar surface area (TPSA) is 82.2 Å². The number of tetrazole rings is 1. The third-order valence-corrected chi connectivity index (χ3v) is 4.02. The molecule has 0 fully saturated rings. The Morgan fingerprint density at radius 1 is 1.24 bits per heavy atom. The summed E-state index contributed by atoms with van der Waals surface area (Å²) in [6, 6.07) is 6.72. The number of halogens is 3. The molecule has 7 nitrogen and oxygen atoms in total. The van der Waals surface area contributed by atoms with E-state index in [0.717, 1.165) is 9.36 Å². The Balaban J connectivity index is 1.97. The number of benzene rings is 2. The Labute approximate surface area is 150 Å². The van der Waals surface area contributed by atoms with Crippen molar-refractivity contribution in [1.29, 1.82) is 0 Å². The second kappa shape index (κ2) is 6.73. The van der Waals surface area contributed by atoms with Crippen molar-refractivity contribution in [1.82, 2.24) is 19.8 Å². The number of hydrogen-bond donors (Lipinski definition) is 1. The predicted octanol–water partition coefficient (Wildman–Crippen LogP) is 2.70. The average molecular weight is 385 g/mol. The van der Waals surface area contributed by atoms with Crippen LogP contribution in [0.25, 0.3) is 5.69 Å². The number of hydrogen-bond acceptors (Lipinski definition) is 5. The molecule has 130 valence electrons. The van der Waals surface area contributed by atoms with E-state index in [0.29, 0.717) is 0 Å². The molecule has 0 atom stereocenters. The fourth-order valence-electron chi connectivity index (χ4n) is 2.13. The van der Waals surface area contributed by atoms with Crippen molar-refractivity contribution in [2.75, 3.05) is 0 Å². The molecule has 0 spiro atoms. The quantitative estimate of drug-likeness (QED) is 0.747. The average Bonchev–Trinajstić information content (AvgIpc) is 2.90. The molecule has 3 aromatic rings. The Morgan fingerprint density at radius 2 is 2.00 bits per heavy atom. The highest BCUT2D eigenvalue weighted by Crippen LogP contribution is 2.35. The first kappa shape index (κ1) is 17.2. The molecule has 2 aromatic carbocycles. The summed E-state index contributed by atoms with van der Waals surface area (Å²) in [6.07, 6.45) is 0. The van der Waals surface area contributed by atoms with Gasteiger partial charge in [-0.2, -0.15) is 9.36 Å². The summed E-state index contributed by atoms with van der Waals surface area (Å²) < 4.78 is 21.8. The van der Waals surface area contributed by atoms with E-state index < -0.39 is 11.5 Å². The zero-order valence-corrected chi connectivity index (χ0v) is 14.3. The van der Waals surface area contributed by atoms with Gasteiger partial charge in [-0.25, -0.2) is 9.18 Å². The first-order valence-electron chi connectivity index (χ1n) is 6.96. The first-order valence-corrected chi connectivity index (χ1v) is 7.71. The van der Waals surface area contributed by atoms with E-state index in [4.69, 9.17) is 27.9 Å². The van der Waals surface area contributed by atoms with Gasteiger partial charge in [-0.15, -0.1) is 0 Å². The van der Waals surface area contributed by atoms with Crippen molar-refractivity contribution >= 4 is 23.2 Å². The molecular weight excluding hydrogens is 374 g/mol. The Morgan fingerprint density at radius 3 is 2.68 bits per heavy atom. The van der Waals surface area contributed by atoms with E-state index in [1.807, 2.05) is 0 Å². The lowest BCUT2D eigenvalue weighted by molar-refractivity contribution is 0.299. The lowest BCUT2D eigenvalue weighted by Crippen LogP contribution is -2.23. The Hall–Kier alpha value is -2.58. The van der Waals surface area contributed by atoms with Crippen LogP contribution < -0.4 is 10.4 Å². The third-order valence-electron chi connectivity index (χ3n) is 3.42. The van der Waals surface area contributed by atoms with Crippen molar-refractivity contribution in [3.8, 4) is 17.2 Å². The molecule has 0 aliphatic heterocycles. The van der Waals surface area contributed by atoms with Crippen LogP contribution >= 0.6 is 23.2 Å². The molecule has 0 aliphatic rings. The molecule has 0 unspecified atom stereocenters. The zero-order valence-electron chi connectivity index (χ0n) is 12.8. The van der Waals surface area contributed by atoms with Crippen LogP contribution in [0.2, 0.25) is 10.0 Å².